The third-order valence-electron chi connectivity index (χ3n) is 5.75. The number of carbonyl (C=O) groups excluding carboxylic acids is 1. The molecule has 0 bridgehead atoms. The molecule has 1 N–H and O–H groups in total. The first-order valence-electron chi connectivity index (χ1n) is 10.3. The summed E-state index contributed by atoms with van der Waals surface area (Å²) < 4.78 is 1.89. The minimum Gasteiger partial charge on any atom is -0.328 e. The highest BCUT2D eigenvalue weighted by atomic mass is 32.1. The Bertz CT molecular complexity index is 1130. The molecule has 6 nitrogen and oxygen atoms in total. The Labute approximate surface area is 179 Å². The zero-order valence-corrected chi connectivity index (χ0v) is 17.5. The molecule has 0 saturated carbocycles. The quantitative estimate of drug-likeness (QED) is 0.540. The van der Waals surface area contributed by atoms with Crippen molar-refractivity contribution >= 4 is 28.3 Å². The van der Waals surface area contributed by atoms with E-state index >= 15 is 0 Å². The topological polar surface area (TPSA) is 55.5 Å². The van der Waals surface area contributed by atoms with Crippen molar-refractivity contribution in [1.29, 1.82) is 0 Å². The normalized spacial score (nSPS) is 15.0. The highest BCUT2D eigenvalue weighted by Crippen LogP contribution is 2.14. The molecule has 5 rings (SSSR count). The number of hydrogen-bond donors (Lipinski definition) is 1. The van der Waals surface area contributed by atoms with E-state index < -0.39 is 0 Å². The molecule has 0 radical (unpaired) electrons. The number of piperazine rings is 1. The molecule has 2 aromatic carbocycles. The lowest BCUT2D eigenvalue weighted by atomic mass is 10.1. The van der Waals surface area contributed by atoms with E-state index in [1.165, 1.54) is 5.56 Å². The van der Waals surface area contributed by atoms with Gasteiger partial charge < -0.3 is 9.80 Å². The highest BCUT2D eigenvalue weighted by molar-refractivity contribution is 7.07. The van der Waals surface area contributed by atoms with E-state index in [0.717, 1.165) is 54.9 Å². The highest BCUT2D eigenvalue weighted by Gasteiger charge is 2.24. The van der Waals surface area contributed by atoms with Crippen molar-refractivity contribution in [2.24, 2.45) is 0 Å². The summed E-state index contributed by atoms with van der Waals surface area (Å²) in [6, 6.07) is 18.0. The second kappa shape index (κ2) is 8.38. The molecular weight excluding hydrogens is 394 g/mol. The maximum atomic E-state index is 12.9. The van der Waals surface area contributed by atoms with Crippen molar-refractivity contribution < 1.29 is 9.69 Å². The fourth-order valence-electron chi connectivity index (χ4n) is 4.03. The molecule has 1 fully saturated rings. The molecule has 4 aromatic rings. The van der Waals surface area contributed by atoms with Crippen LogP contribution in [-0.4, -0.2) is 52.0 Å². The Morgan fingerprint density at radius 1 is 1.00 bits per heavy atom. The van der Waals surface area contributed by atoms with Crippen LogP contribution in [0.4, 0.5) is 0 Å². The smallest absolute Gasteiger partial charge is 0.254 e. The van der Waals surface area contributed by atoms with Gasteiger partial charge in [0.25, 0.3) is 5.91 Å². The van der Waals surface area contributed by atoms with Gasteiger partial charge >= 0.3 is 0 Å². The SMILES string of the molecule is O=C(c1ccc(Cn2nnc3ccccc32)cc1)N1CC[NH+](Cc2ccsc2)CC1. The Balaban J connectivity index is 1.20. The van der Waals surface area contributed by atoms with Crippen LogP contribution in [0.25, 0.3) is 11.0 Å². The average Bonchev–Trinajstić information content (AvgIpc) is 3.45. The van der Waals surface area contributed by atoms with Crippen LogP contribution >= 0.6 is 11.3 Å². The number of fused-ring (bicyclic) bond motifs is 1. The van der Waals surface area contributed by atoms with Gasteiger partial charge in [-0.3, -0.25) is 4.79 Å². The number of hydrogen-bond acceptors (Lipinski definition) is 4. The minimum atomic E-state index is 0.127. The Kier molecular flexibility index (Phi) is 5.29. The zero-order chi connectivity index (χ0) is 20.3. The lowest BCUT2D eigenvalue weighted by molar-refractivity contribution is -0.917. The van der Waals surface area contributed by atoms with Gasteiger partial charge in [-0.25, -0.2) is 4.68 Å². The molecule has 0 spiro atoms. The molecule has 1 amide bonds. The van der Waals surface area contributed by atoms with Crippen molar-refractivity contribution in [3.05, 3.63) is 82.0 Å². The summed E-state index contributed by atoms with van der Waals surface area (Å²) in [6.07, 6.45) is 0. The molecule has 1 aliphatic heterocycles. The molecule has 3 heterocycles. The van der Waals surface area contributed by atoms with Crippen LogP contribution in [0.15, 0.2) is 65.4 Å². The summed E-state index contributed by atoms with van der Waals surface area (Å²) in [5.74, 6) is 0.127. The summed E-state index contributed by atoms with van der Waals surface area (Å²) in [4.78, 5) is 16.4. The van der Waals surface area contributed by atoms with Crippen LogP contribution in [0.3, 0.4) is 0 Å². The number of aromatic nitrogens is 3. The number of rotatable bonds is 5. The minimum absolute atomic E-state index is 0.127. The predicted octanol–water partition coefficient (Wildman–Crippen LogP) is 2.08. The third kappa shape index (κ3) is 3.99. The van der Waals surface area contributed by atoms with E-state index in [4.69, 9.17) is 0 Å². The molecule has 1 aliphatic rings. The number of quaternary nitrogens is 1. The van der Waals surface area contributed by atoms with Gasteiger partial charge in [0.2, 0.25) is 0 Å². The van der Waals surface area contributed by atoms with Crippen molar-refractivity contribution in [3.63, 3.8) is 0 Å². The summed E-state index contributed by atoms with van der Waals surface area (Å²) in [6.45, 7) is 5.31. The number of nitrogens with zero attached hydrogens (tertiary/aromatic N) is 4. The second-order valence-corrected chi connectivity index (χ2v) is 8.56. The van der Waals surface area contributed by atoms with E-state index in [-0.39, 0.29) is 5.91 Å². The van der Waals surface area contributed by atoms with Crippen LogP contribution in [0, 0.1) is 0 Å². The lowest BCUT2D eigenvalue weighted by Gasteiger charge is -2.32. The van der Waals surface area contributed by atoms with Crippen LogP contribution < -0.4 is 4.90 Å². The number of benzene rings is 2. The van der Waals surface area contributed by atoms with Crippen molar-refractivity contribution in [3.8, 4) is 0 Å². The fraction of sp³-hybridized carbons (Fsp3) is 0.261. The van der Waals surface area contributed by atoms with Crippen molar-refractivity contribution in [2.45, 2.75) is 13.1 Å². The first-order valence-corrected chi connectivity index (χ1v) is 11.2. The Morgan fingerprint density at radius 2 is 1.80 bits per heavy atom. The molecule has 0 unspecified atom stereocenters. The largest absolute Gasteiger partial charge is 0.328 e. The van der Waals surface area contributed by atoms with Gasteiger partial charge in [-0.1, -0.05) is 29.5 Å². The molecule has 30 heavy (non-hydrogen) atoms. The van der Waals surface area contributed by atoms with E-state index in [1.807, 2.05) is 58.1 Å². The van der Waals surface area contributed by atoms with Crippen molar-refractivity contribution in [2.75, 3.05) is 26.2 Å². The second-order valence-electron chi connectivity index (χ2n) is 7.78. The number of amides is 1. The summed E-state index contributed by atoms with van der Waals surface area (Å²) in [7, 11) is 0. The van der Waals surface area contributed by atoms with E-state index in [2.05, 4.69) is 27.1 Å². The third-order valence-corrected chi connectivity index (χ3v) is 6.48. The van der Waals surface area contributed by atoms with Gasteiger partial charge in [0.05, 0.1) is 38.2 Å². The lowest BCUT2D eigenvalue weighted by Crippen LogP contribution is -3.13. The average molecular weight is 419 g/mol. The van der Waals surface area contributed by atoms with Gasteiger partial charge in [-0.05, 0) is 46.7 Å². The monoisotopic (exact) mass is 418 g/mol. The standard InChI is InChI=1S/C23H23N5OS/c29-23(27-12-10-26(11-13-27)15-19-9-14-30-17-19)20-7-5-18(6-8-20)16-28-22-4-2-1-3-21(22)24-25-28/h1-9,14,17H,10-13,15-16H2/p+1. The number of carbonyl (C=O) groups is 1. The fourth-order valence-corrected chi connectivity index (χ4v) is 4.70. The maximum absolute atomic E-state index is 12.9. The van der Waals surface area contributed by atoms with Crippen LogP contribution in [-0.2, 0) is 13.1 Å². The first kappa shape index (κ1) is 19.0. The van der Waals surface area contributed by atoms with E-state index in [0.29, 0.717) is 6.54 Å². The predicted molar refractivity (Wildman–Crippen MR) is 118 cm³/mol. The number of para-hydroxylation sites is 1. The van der Waals surface area contributed by atoms with E-state index in [9.17, 15) is 4.79 Å². The van der Waals surface area contributed by atoms with Crippen LogP contribution in [0.2, 0.25) is 0 Å². The van der Waals surface area contributed by atoms with Gasteiger partial charge in [0.15, 0.2) is 0 Å². The van der Waals surface area contributed by atoms with Gasteiger partial charge in [0, 0.05) is 11.1 Å². The molecule has 1 saturated heterocycles. The summed E-state index contributed by atoms with van der Waals surface area (Å²) in [5.41, 5.74) is 5.16. The molecule has 0 atom stereocenters. The molecule has 152 valence electrons. The Hall–Kier alpha value is -3.03. The summed E-state index contributed by atoms with van der Waals surface area (Å²) >= 11 is 1.75. The molecule has 2 aromatic heterocycles. The van der Waals surface area contributed by atoms with Crippen LogP contribution in [0.5, 0.6) is 0 Å². The molecular formula is C23H24N5OS+. The summed E-state index contributed by atoms with van der Waals surface area (Å²) in [5, 5.41) is 12.8. The zero-order valence-electron chi connectivity index (χ0n) is 16.7. The van der Waals surface area contributed by atoms with Gasteiger partial charge in [-0.15, -0.1) is 5.10 Å². The number of thiophene rings is 1. The Morgan fingerprint density at radius 3 is 2.57 bits per heavy atom. The van der Waals surface area contributed by atoms with Crippen LogP contribution in [0.1, 0.15) is 21.5 Å². The van der Waals surface area contributed by atoms with Gasteiger partial charge in [-0.2, -0.15) is 11.3 Å². The van der Waals surface area contributed by atoms with Gasteiger partial charge in [0.1, 0.15) is 12.1 Å². The first-order chi connectivity index (χ1) is 14.8. The van der Waals surface area contributed by atoms with E-state index in [1.54, 1.807) is 16.2 Å². The maximum Gasteiger partial charge on any atom is 0.254 e. The number of nitrogens with one attached hydrogen (secondary N) is 1. The molecule has 7 heteroatoms. The van der Waals surface area contributed by atoms with Crippen molar-refractivity contribution in [1.82, 2.24) is 19.9 Å². The molecule has 0 aliphatic carbocycles.